The second-order valence-corrected chi connectivity index (χ2v) is 5.75. The monoisotopic (exact) mass is 336 g/mol. The van der Waals surface area contributed by atoms with E-state index in [1.165, 1.54) is 0 Å². The number of piperidine rings is 1. The van der Waals surface area contributed by atoms with E-state index in [2.05, 4.69) is 5.32 Å². The first-order valence-electron chi connectivity index (χ1n) is 8.06. The zero-order valence-corrected chi connectivity index (χ0v) is 13.9. The molecule has 0 aromatic heterocycles. The molecule has 0 bridgehead atoms. The number of likely N-dealkylation sites (tertiary alicyclic amines) is 1. The number of ether oxygens (including phenoxy) is 2. The Morgan fingerprint density at radius 1 is 1.29 bits per heavy atom. The van der Waals surface area contributed by atoms with Crippen LogP contribution in [-0.2, 0) is 16.1 Å². The van der Waals surface area contributed by atoms with Crippen LogP contribution in [0.5, 0.6) is 5.75 Å². The van der Waals surface area contributed by atoms with Crippen LogP contribution in [-0.4, -0.2) is 55.4 Å². The average Bonchev–Trinajstić information content (AvgIpc) is 2.60. The molecule has 2 rings (SSSR count). The van der Waals surface area contributed by atoms with Crippen LogP contribution in [0.25, 0.3) is 0 Å². The number of methoxy groups -OCH3 is 1. The molecule has 1 heterocycles. The minimum Gasteiger partial charge on any atom is -0.491 e. The lowest BCUT2D eigenvalue weighted by molar-refractivity contribution is -0.143. The number of amides is 2. The lowest BCUT2D eigenvalue weighted by Gasteiger charge is -2.30. The van der Waals surface area contributed by atoms with Crippen molar-refractivity contribution in [2.24, 2.45) is 5.92 Å². The number of rotatable bonds is 7. The topological polar surface area (TPSA) is 88.1 Å². The molecule has 132 valence electrons. The van der Waals surface area contributed by atoms with Crippen molar-refractivity contribution < 1.29 is 24.2 Å². The smallest absolute Gasteiger partial charge is 0.317 e. The minimum atomic E-state index is -0.777. The zero-order valence-electron chi connectivity index (χ0n) is 13.9. The molecule has 1 aromatic rings. The molecule has 0 spiro atoms. The molecule has 0 saturated carbocycles. The highest BCUT2D eigenvalue weighted by Gasteiger charge is 2.26. The van der Waals surface area contributed by atoms with E-state index in [0.29, 0.717) is 45.7 Å². The van der Waals surface area contributed by atoms with E-state index in [4.69, 9.17) is 14.6 Å². The quantitative estimate of drug-likeness (QED) is 0.740. The second-order valence-electron chi connectivity index (χ2n) is 5.75. The number of hydrogen-bond donors (Lipinski definition) is 2. The summed E-state index contributed by atoms with van der Waals surface area (Å²) >= 11 is 0. The summed E-state index contributed by atoms with van der Waals surface area (Å²) in [4.78, 5) is 24.8. The van der Waals surface area contributed by atoms with Crippen LogP contribution in [0.4, 0.5) is 4.79 Å². The molecule has 24 heavy (non-hydrogen) atoms. The second kappa shape index (κ2) is 9.12. The van der Waals surface area contributed by atoms with Crippen LogP contribution in [0, 0.1) is 5.92 Å². The standard InChI is InChI=1S/C17H24N2O5/c1-23-9-10-24-15-4-2-3-13(11-15)12-18-17(22)19-7-5-14(6-8-19)16(20)21/h2-4,11,14H,5-10,12H2,1H3,(H,18,22)(H,20,21). The molecule has 0 unspecified atom stereocenters. The van der Waals surface area contributed by atoms with Gasteiger partial charge in [-0.15, -0.1) is 0 Å². The van der Waals surface area contributed by atoms with Crippen LogP contribution in [0.1, 0.15) is 18.4 Å². The summed E-state index contributed by atoms with van der Waals surface area (Å²) in [5.74, 6) is -0.378. The number of nitrogens with one attached hydrogen (secondary N) is 1. The van der Waals surface area contributed by atoms with Gasteiger partial charge in [0.1, 0.15) is 12.4 Å². The average molecular weight is 336 g/mol. The fourth-order valence-electron chi connectivity index (χ4n) is 2.61. The number of carbonyl (C=O) groups is 2. The van der Waals surface area contributed by atoms with Crippen molar-refractivity contribution in [1.29, 1.82) is 0 Å². The summed E-state index contributed by atoms with van der Waals surface area (Å²) < 4.78 is 10.5. The van der Waals surface area contributed by atoms with Gasteiger partial charge >= 0.3 is 12.0 Å². The van der Waals surface area contributed by atoms with E-state index in [9.17, 15) is 9.59 Å². The van der Waals surface area contributed by atoms with E-state index >= 15 is 0 Å². The molecule has 0 radical (unpaired) electrons. The summed E-state index contributed by atoms with van der Waals surface area (Å²) in [6, 6.07) is 7.37. The van der Waals surface area contributed by atoms with E-state index in [-0.39, 0.29) is 11.9 Å². The van der Waals surface area contributed by atoms with E-state index in [1.807, 2.05) is 24.3 Å². The molecule has 1 aliphatic rings. The van der Waals surface area contributed by atoms with Crippen molar-refractivity contribution >= 4 is 12.0 Å². The van der Waals surface area contributed by atoms with Crippen LogP contribution >= 0.6 is 0 Å². The maximum Gasteiger partial charge on any atom is 0.317 e. The Labute approximate surface area is 141 Å². The molecule has 0 atom stereocenters. The molecule has 1 fully saturated rings. The predicted molar refractivity (Wildman–Crippen MR) is 88.0 cm³/mol. The SMILES string of the molecule is COCCOc1cccc(CNC(=O)N2CCC(C(=O)O)CC2)c1. The summed E-state index contributed by atoms with van der Waals surface area (Å²) in [6.07, 6.45) is 1.01. The molecule has 1 aliphatic heterocycles. The Morgan fingerprint density at radius 2 is 2.04 bits per heavy atom. The Kier molecular flexibility index (Phi) is 6.87. The van der Waals surface area contributed by atoms with E-state index in [0.717, 1.165) is 11.3 Å². The van der Waals surface area contributed by atoms with Crippen molar-refractivity contribution in [3.8, 4) is 5.75 Å². The maximum absolute atomic E-state index is 12.2. The molecule has 2 amide bonds. The van der Waals surface area contributed by atoms with Gasteiger partial charge in [-0.05, 0) is 30.5 Å². The van der Waals surface area contributed by atoms with Gasteiger partial charge in [-0.3, -0.25) is 4.79 Å². The van der Waals surface area contributed by atoms with Crippen LogP contribution in [0.15, 0.2) is 24.3 Å². The first-order chi connectivity index (χ1) is 11.6. The molecular formula is C17H24N2O5. The maximum atomic E-state index is 12.2. The molecule has 2 N–H and O–H groups in total. The molecule has 1 aromatic carbocycles. The number of urea groups is 1. The van der Waals surface area contributed by atoms with E-state index in [1.54, 1.807) is 12.0 Å². The van der Waals surface area contributed by atoms with Crippen LogP contribution in [0.2, 0.25) is 0 Å². The van der Waals surface area contributed by atoms with Crippen molar-refractivity contribution in [2.45, 2.75) is 19.4 Å². The lowest BCUT2D eigenvalue weighted by Crippen LogP contribution is -2.45. The number of hydrogen-bond acceptors (Lipinski definition) is 4. The van der Waals surface area contributed by atoms with Crippen molar-refractivity contribution in [1.82, 2.24) is 10.2 Å². The molecule has 7 nitrogen and oxygen atoms in total. The van der Waals surface area contributed by atoms with Gasteiger partial charge in [0.2, 0.25) is 0 Å². The van der Waals surface area contributed by atoms with Gasteiger partial charge < -0.3 is 24.8 Å². The van der Waals surface area contributed by atoms with Crippen LogP contribution < -0.4 is 10.1 Å². The number of carbonyl (C=O) groups excluding carboxylic acids is 1. The highest BCUT2D eigenvalue weighted by molar-refractivity contribution is 5.75. The van der Waals surface area contributed by atoms with Gasteiger partial charge in [0, 0.05) is 26.7 Å². The Hall–Kier alpha value is -2.28. The van der Waals surface area contributed by atoms with Gasteiger partial charge in [-0.1, -0.05) is 12.1 Å². The number of aliphatic carboxylic acids is 1. The van der Waals surface area contributed by atoms with Gasteiger partial charge in [0.15, 0.2) is 0 Å². The zero-order chi connectivity index (χ0) is 17.4. The van der Waals surface area contributed by atoms with Gasteiger partial charge in [0.25, 0.3) is 0 Å². The third-order valence-electron chi connectivity index (χ3n) is 4.03. The van der Waals surface area contributed by atoms with E-state index < -0.39 is 5.97 Å². The van der Waals surface area contributed by atoms with Crippen molar-refractivity contribution in [3.05, 3.63) is 29.8 Å². The fraction of sp³-hybridized carbons (Fsp3) is 0.529. The van der Waals surface area contributed by atoms with Crippen molar-refractivity contribution in [2.75, 3.05) is 33.4 Å². The number of carboxylic acid groups (broad SMARTS) is 1. The predicted octanol–water partition coefficient (Wildman–Crippen LogP) is 1.72. The normalized spacial score (nSPS) is 15.1. The molecular weight excluding hydrogens is 312 g/mol. The minimum absolute atomic E-state index is 0.162. The summed E-state index contributed by atoms with van der Waals surface area (Å²) in [7, 11) is 1.62. The first-order valence-corrected chi connectivity index (χ1v) is 8.06. The summed E-state index contributed by atoms with van der Waals surface area (Å²) in [5, 5.41) is 11.8. The molecule has 0 aliphatic carbocycles. The number of benzene rings is 1. The van der Waals surface area contributed by atoms with Gasteiger partial charge in [-0.2, -0.15) is 0 Å². The molecule has 7 heteroatoms. The third-order valence-corrected chi connectivity index (χ3v) is 4.03. The first kappa shape index (κ1) is 18.1. The van der Waals surface area contributed by atoms with Gasteiger partial charge in [0.05, 0.1) is 12.5 Å². The van der Waals surface area contributed by atoms with Crippen molar-refractivity contribution in [3.63, 3.8) is 0 Å². The Bertz CT molecular complexity index is 556. The third kappa shape index (κ3) is 5.42. The lowest BCUT2D eigenvalue weighted by atomic mass is 9.97. The van der Waals surface area contributed by atoms with Gasteiger partial charge in [-0.25, -0.2) is 4.79 Å². The van der Waals surface area contributed by atoms with Crippen LogP contribution in [0.3, 0.4) is 0 Å². The highest BCUT2D eigenvalue weighted by Crippen LogP contribution is 2.17. The fourth-order valence-corrected chi connectivity index (χ4v) is 2.61. The molecule has 1 saturated heterocycles. The largest absolute Gasteiger partial charge is 0.491 e. The number of carboxylic acids is 1. The number of nitrogens with zero attached hydrogens (tertiary/aromatic N) is 1. The Balaban J connectivity index is 1.77. The highest BCUT2D eigenvalue weighted by atomic mass is 16.5. The Morgan fingerprint density at radius 3 is 2.71 bits per heavy atom. The summed E-state index contributed by atoms with van der Waals surface area (Å²) in [5.41, 5.74) is 0.943. The summed E-state index contributed by atoms with van der Waals surface area (Å²) in [6.45, 7) is 2.35.